The van der Waals surface area contributed by atoms with Crippen molar-refractivity contribution in [1.29, 1.82) is 0 Å². The molecule has 0 spiro atoms. The van der Waals surface area contributed by atoms with Crippen LogP contribution < -0.4 is 24.3 Å². The molecule has 2 aliphatic rings. The summed E-state index contributed by atoms with van der Waals surface area (Å²) in [7, 11) is 11.5. The van der Waals surface area contributed by atoms with Gasteiger partial charge in [-0.1, -0.05) is 0 Å². The van der Waals surface area contributed by atoms with Crippen LogP contribution >= 0.6 is 0 Å². The molecule has 2 aromatic rings. The molecule has 0 saturated carbocycles. The van der Waals surface area contributed by atoms with E-state index in [-0.39, 0.29) is 0 Å². The van der Waals surface area contributed by atoms with Crippen molar-refractivity contribution in [2.45, 2.75) is 0 Å². The molecule has 0 bridgehead atoms. The zero-order chi connectivity index (χ0) is 21.4. The molecule has 5 nitrogen and oxygen atoms in total. The van der Waals surface area contributed by atoms with Gasteiger partial charge in [0, 0.05) is 60.1 Å². The Balaban J connectivity index is 2.14. The number of anilines is 1. The van der Waals surface area contributed by atoms with E-state index in [1.54, 1.807) is 14.2 Å². The number of rotatable bonds is 4. The maximum atomic E-state index is 6.39. The predicted octanol–water partition coefficient (Wildman–Crippen LogP) is 4.32. The molecule has 1 heterocycles. The van der Waals surface area contributed by atoms with Gasteiger partial charge in [-0.3, -0.25) is 0 Å². The van der Waals surface area contributed by atoms with Crippen LogP contribution in [0.1, 0.15) is 0 Å². The summed E-state index contributed by atoms with van der Waals surface area (Å²) in [5, 5.41) is 2.12. The van der Waals surface area contributed by atoms with Crippen molar-refractivity contribution < 1.29 is 13.9 Å². The van der Waals surface area contributed by atoms with Gasteiger partial charge >= 0.3 is 0 Å². The number of ether oxygens (including phenoxy) is 2. The van der Waals surface area contributed by atoms with Crippen LogP contribution in [0.25, 0.3) is 33.4 Å². The van der Waals surface area contributed by atoms with Gasteiger partial charge in [0.1, 0.15) is 36.9 Å². The normalized spacial score (nSPS) is 11.0. The Morgan fingerprint density at radius 1 is 0.833 bits per heavy atom. The Hall–Kier alpha value is -3.47. The largest absolute Gasteiger partial charge is 0.497 e. The first-order valence-electron chi connectivity index (χ1n) is 9.83. The second-order valence-corrected chi connectivity index (χ2v) is 7.69. The monoisotopic (exact) mass is 403 g/mol. The van der Waals surface area contributed by atoms with E-state index in [1.807, 2.05) is 46.4 Å². The lowest BCUT2D eigenvalue weighted by atomic mass is 9.93. The summed E-state index contributed by atoms with van der Waals surface area (Å²) in [5.41, 5.74) is 5.04. The van der Waals surface area contributed by atoms with Crippen LogP contribution in [0.15, 0.2) is 59.0 Å². The van der Waals surface area contributed by atoms with Crippen LogP contribution in [0, 0.1) is 0 Å². The first kappa shape index (κ1) is 19.8. The topological polar surface area (TPSA) is 37.9 Å². The summed E-state index contributed by atoms with van der Waals surface area (Å²) >= 11 is 0. The van der Waals surface area contributed by atoms with Crippen LogP contribution in [0.4, 0.5) is 5.69 Å². The highest BCUT2D eigenvalue weighted by atomic mass is 16.5. The van der Waals surface area contributed by atoms with Crippen LogP contribution in [0.3, 0.4) is 0 Å². The third-order valence-corrected chi connectivity index (χ3v) is 5.40. The van der Waals surface area contributed by atoms with E-state index in [0.29, 0.717) is 0 Å². The van der Waals surface area contributed by atoms with E-state index >= 15 is 0 Å². The van der Waals surface area contributed by atoms with E-state index < -0.39 is 0 Å². The maximum Gasteiger partial charge on any atom is 0.203 e. The number of hydrogen-bond acceptors (Lipinski definition) is 4. The van der Waals surface area contributed by atoms with Gasteiger partial charge in [0.15, 0.2) is 0 Å². The number of methoxy groups -OCH3 is 2. The highest BCUT2D eigenvalue weighted by Gasteiger charge is 2.21. The fraction of sp³-hybridized carbons (Fsp3) is 0.240. The van der Waals surface area contributed by atoms with Crippen molar-refractivity contribution in [3.8, 4) is 33.9 Å². The minimum absolute atomic E-state index is 0.759. The van der Waals surface area contributed by atoms with E-state index in [2.05, 4.69) is 45.9 Å². The number of hydrogen-bond donors (Lipinski definition) is 0. The van der Waals surface area contributed by atoms with Crippen molar-refractivity contribution >= 4 is 16.7 Å². The molecular weight excluding hydrogens is 376 g/mol. The molecule has 0 N–H and O–H groups in total. The molecule has 2 aromatic carbocycles. The van der Waals surface area contributed by atoms with Gasteiger partial charge < -0.3 is 18.8 Å². The van der Waals surface area contributed by atoms with Crippen LogP contribution in [-0.4, -0.2) is 42.4 Å². The van der Waals surface area contributed by atoms with E-state index in [4.69, 9.17) is 13.9 Å². The van der Waals surface area contributed by atoms with Gasteiger partial charge in [-0.05, 0) is 30.3 Å². The van der Waals surface area contributed by atoms with Crippen molar-refractivity contribution in [3.05, 3.63) is 60.0 Å². The molecule has 0 unspecified atom stereocenters. The Morgan fingerprint density at radius 3 is 2.27 bits per heavy atom. The van der Waals surface area contributed by atoms with Crippen molar-refractivity contribution in [2.24, 2.45) is 0 Å². The summed E-state index contributed by atoms with van der Waals surface area (Å²) < 4.78 is 19.6. The second-order valence-electron chi connectivity index (χ2n) is 7.69. The molecule has 30 heavy (non-hydrogen) atoms. The number of fused-ring (bicyclic) bond motifs is 2. The molecule has 0 atom stereocenters. The third-order valence-electron chi connectivity index (χ3n) is 5.40. The van der Waals surface area contributed by atoms with Gasteiger partial charge in [0.25, 0.3) is 0 Å². The zero-order valence-corrected chi connectivity index (χ0v) is 18.3. The molecule has 0 fully saturated rings. The average Bonchev–Trinajstić information content (AvgIpc) is 2.76. The standard InChI is InChI=1S/C25H27N2O3/c1-26(2)16-7-10-20-23(13-16)30-24-14-17(27(3)4)8-11-21(24)25(20)19-12-9-18(28-5)15-22(19)29-6/h7-15H,1-6H3/q+1. The SMILES string of the molecule is COc1ccc(-c2c3ccc(=[N+](C)C)cc-3oc3cc(N(C)C)ccc23)c(OC)c1. The van der Waals surface area contributed by atoms with Gasteiger partial charge in [-0.15, -0.1) is 0 Å². The smallest absolute Gasteiger partial charge is 0.203 e. The molecule has 154 valence electrons. The molecular formula is C25H27N2O3+. The highest BCUT2D eigenvalue weighted by Crippen LogP contribution is 2.44. The highest BCUT2D eigenvalue weighted by molar-refractivity contribution is 6.04. The molecule has 4 rings (SSSR count). The Morgan fingerprint density at radius 2 is 1.60 bits per heavy atom. The summed E-state index contributed by atoms with van der Waals surface area (Å²) in [6.07, 6.45) is 0. The van der Waals surface area contributed by atoms with Gasteiger partial charge in [0.2, 0.25) is 5.36 Å². The molecule has 5 heteroatoms. The zero-order valence-electron chi connectivity index (χ0n) is 18.3. The van der Waals surface area contributed by atoms with Crippen molar-refractivity contribution in [2.75, 3.05) is 47.3 Å². The lowest BCUT2D eigenvalue weighted by molar-refractivity contribution is 0.395. The molecule has 0 amide bonds. The fourth-order valence-corrected chi connectivity index (χ4v) is 3.72. The molecule has 0 saturated heterocycles. The Bertz CT molecular complexity index is 1270. The first-order chi connectivity index (χ1) is 14.4. The van der Waals surface area contributed by atoms with E-state index in [0.717, 1.165) is 56.0 Å². The maximum absolute atomic E-state index is 6.39. The lowest BCUT2D eigenvalue weighted by Gasteiger charge is -2.19. The fourth-order valence-electron chi connectivity index (χ4n) is 3.72. The third kappa shape index (κ3) is 3.36. The average molecular weight is 404 g/mol. The van der Waals surface area contributed by atoms with E-state index in [9.17, 15) is 0 Å². The van der Waals surface area contributed by atoms with Crippen molar-refractivity contribution in [3.63, 3.8) is 0 Å². The number of nitrogens with zero attached hydrogens (tertiary/aromatic N) is 2. The van der Waals surface area contributed by atoms with Crippen LogP contribution in [0.2, 0.25) is 0 Å². The molecule has 0 radical (unpaired) electrons. The summed E-state index contributed by atoms with van der Waals surface area (Å²) in [6.45, 7) is 0. The number of benzene rings is 3. The Kier molecular flexibility index (Phi) is 5.12. The molecule has 1 aliphatic heterocycles. The summed E-state index contributed by atoms with van der Waals surface area (Å²) in [4.78, 5) is 2.07. The summed E-state index contributed by atoms with van der Waals surface area (Å²) in [5.74, 6) is 2.35. The van der Waals surface area contributed by atoms with Crippen molar-refractivity contribution in [1.82, 2.24) is 4.58 Å². The predicted molar refractivity (Wildman–Crippen MR) is 123 cm³/mol. The lowest BCUT2D eigenvalue weighted by Crippen LogP contribution is -2.21. The minimum atomic E-state index is 0.759. The minimum Gasteiger partial charge on any atom is -0.497 e. The first-order valence-corrected chi connectivity index (χ1v) is 9.83. The van der Waals surface area contributed by atoms with Crippen LogP contribution in [0.5, 0.6) is 11.5 Å². The van der Waals surface area contributed by atoms with Gasteiger partial charge in [-0.2, -0.15) is 0 Å². The summed E-state index contributed by atoms with van der Waals surface area (Å²) in [6, 6.07) is 18.5. The molecule has 0 aromatic heterocycles. The quantitative estimate of drug-likeness (QED) is 0.376. The second kappa shape index (κ2) is 7.75. The Labute approximate surface area is 176 Å². The van der Waals surface area contributed by atoms with Crippen LogP contribution in [-0.2, 0) is 0 Å². The van der Waals surface area contributed by atoms with Gasteiger partial charge in [-0.25, -0.2) is 4.58 Å². The molecule has 1 aliphatic carbocycles. The van der Waals surface area contributed by atoms with E-state index in [1.165, 1.54) is 0 Å². The van der Waals surface area contributed by atoms with Gasteiger partial charge in [0.05, 0.1) is 20.3 Å².